The maximum absolute atomic E-state index is 13.0. The van der Waals surface area contributed by atoms with E-state index in [1.165, 1.54) is 36.4 Å². The van der Waals surface area contributed by atoms with E-state index in [9.17, 15) is 18.0 Å². The number of carbonyl (C=O) groups excluding carboxylic acids is 2. The molecule has 34 heavy (non-hydrogen) atoms. The van der Waals surface area contributed by atoms with Crippen molar-refractivity contribution >= 4 is 73.8 Å². The monoisotopic (exact) mass is 537 g/mol. The molecule has 0 saturated heterocycles. The number of hydrogen-bond acceptors (Lipinski definition) is 7. The molecule has 1 aliphatic heterocycles. The molecule has 9 nitrogen and oxygen atoms in total. The highest BCUT2D eigenvalue weighted by Gasteiger charge is 2.39. The van der Waals surface area contributed by atoms with Crippen LogP contribution in [-0.2, 0) is 19.6 Å². The number of nitrogens with one attached hydrogen (secondary N) is 2. The molecule has 1 aliphatic rings. The minimum absolute atomic E-state index is 0.00463. The Morgan fingerprint density at radius 2 is 1.59 bits per heavy atom. The van der Waals surface area contributed by atoms with Crippen LogP contribution in [0.15, 0.2) is 70.2 Å². The van der Waals surface area contributed by atoms with E-state index in [1.807, 2.05) is 0 Å². The van der Waals surface area contributed by atoms with E-state index in [4.69, 9.17) is 34.8 Å². The number of carbonyl (C=O) groups is 2. The Kier molecular flexibility index (Phi) is 6.50. The zero-order valence-corrected chi connectivity index (χ0v) is 20.3. The first-order valence-electron chi connectivity index (χ1n) is 9.51. The Bertz CT molecular complexity index is 1440. The molecule has 2 heterocycles. The molecule has 0 bridgehead atoms. The molecule has 0 aliphatic carbocycles. The predicted molar refractivity (Wildman–Crippen MR) is 129 cm³/mol. The number of amides is 2. The van der Waals surface area contributed by atoms with Gasteiger partial charge in [0.05, 0.1) is 10.6 Å². The number of nitrogens with zero attached hydrogens (tertiary/aromatic N) is 3. The number of imide groups is 1. The third-order valence-corrected chi connectivity index (χ3v) is 7.14. The first-order valence-corrected chi connectivity index (χ1v) is 12.1. The number of sulfonamides is 1. The quantitative estimate of drug-likeness (QED) is 0.448. The van der Waals surface area contributed by atoms with Crippen LogP contribution in [0, 0.1) is 6.92 Å². The van der Waals surface area contributed by atoms with Crippen molar-refractivity contribution in [3.8, 4) is 0 Å². The molecule has 1 aromatic heterocycles. The highest BCUT2D eigenvalue weighted by atomic mass is 35.5. The minimum atomic E-state index is -3.96. The first kappa shape index (κ1) is 24.0. The van der Waals surface area contributed by atoms with Gasteiger partial charge in [0.25, 0.3) is 21.8 Å². The normalized spacial score (nSPS) is 14.1. The van der Waals surface area contributed by atoms with Crippen LogP contribution in [-0.4, -0.2) is 30.4 Å². The maximum Gasteiger partial charge on any atom is 0.283 e. The molecule has 4 rings (SSSR count). The van der Waals surface area contributed by atoms with Crippen LogP contribution in [0.25, 0.3) is 0 Å². The largest absolute Gasteiger partial charge is 0.350 e. The predicted octanol–water partition coefficient (Wildman–Crippen LogP) is 4.33. The summed E-state index contributed by atoms with van der Waals surface area (Å²) in [6.07, 6.45) is 0. The number of rotatable bonds is 6. The number of anilines is 3. The van der Waals surface area contributed by atoms with Crippen molar-refractivity contribution in [1.82, 2.24) is 10.2 Å². The summed E-state index contributed by atoms with van der Waals surface area (Å²) < 4.78 is 27.4. The van der Waals surface area contributed by atoms with Crippen molar-refractivity contribution in [2.24, 2.45) is 0 Å². The van der Waals surface area contributed by atoms with Gasteiger partial charge in [-0.25, -0.2) is 13.3 Å². The maximum atomic E-state index is 13.0. The van der Waals surface area contributed by atoms with Gasteiger partial charge in [-0.2, -0.15) is 0 Å². The minimum Gasteiger partial charge on any atom is -0.350 e. The molecule has 2 amide bonds. The van der Waals surface area contributed by atoms with E-state index in [1.54, 1.807) is 25.1 Å². The molecule has 3 aromatic rings. The average molecular weight is 539 g/mol. The molecule has 174 valence electrons. The van der Waals surface area contributed by atoms with E-state index >= 15 is 0 Å². The van der Waals surface area contributed by atoms with Gasteiger partial charge in [-0.3, -0.25) is 14.3 Å². The Labute approximate surface area is 209 Å². The molecule has 0 radical (unpaired) electrons. The zero-order valence-electron chi connectivity index (χ0n) is 17.2. The molecular formula is C21H14Cl3N5O4S. The molecule has 2 N–H and O–H groups in total. The summed E-state index contributed by atoms with van der Waals surface area (Å²) in [5.74, 6) is -1.37. The molecule has 0 unspecified atom stereocenters. The van der Waals surface area contributed by atoms with Gasteiger partial charge >= 0.3 is 0 Å². The topological polar surface area (TPSA) is 121 Å². The smallest absolute Gasteiger partial charge is 0.283 e. The molecule has 0 saturated carbocycles. The van der Waals surface area contributed by atoms with Crippen LogP contribution in [0.1, 0.15) is 5.56 Å². The third-order valence-electron chi connectivity index (χ3n) is 4.81. The summed E-state index contributed by atoms with van der Waals surface area (Å²) >= 11 is 17.9. The van der Waals surface area contributed by atoms with Crippen LogP contribution >= 0.6 is 34.8 Å². The van der Waals surface area contributed by atoms with Crippen molar-refractivity contribution in [3.05, 3.63) is 81.1 Å². The van der Waals surface area contributed by atoms with Crippen molar-refractivity contribution in [2.75, 3.05) is 14.9 Å². The molecule has 2 aromatic carbocycles. The highest BCUT2D eigenvalue weighted by Crippen LogP contribution is 2.34. The van der Waals surface area contributed by atoms with Crippen LogP contribution in [0.5, 0.6) is 0 Å². The lowest BCUT2D eigenvalue weighted by Gasteiger charge is -2.18. The highest BCUT2D eigenvalue weighted by molar-refractivity contribution is 7.92. The molecule has 0 fully saturated rings. The summed E-state index contributed by atoms with van der Waals surface area (Å²) in [6, 6.07) is 13.1. The van der Waals surface area contributed by atoms with Crippen molar-refractivity contribution < 1.29 is 18.0 Å². The molecule has 13 heteroatoms. The number of halogens is 3. The van der Waals surface area contributed by atoms with Crippen LogP contribution in [0.4, 0.5) is 17.2 Å². The van der Waals surface area contributed by atoms with Gasteiger partial charge in [0.15, 0.2) is 11.0 Å². The van der Waals surface area contributed by atoms with Gasteiger partial charge in [-0.15, -0.1) is 10.2 Å². The Hall–Kier alpha value is -3.18. The second-order valence-electron chi connectivity index (χ2n) is 7.01. The van der Waals surface area contributed by atoms with Crippen LogP contribution < -0.4 is 14.9 Å². The van der Waals surface area contributed by atoms with E-state index < -0.39 is 21.8 Å². The van der Waals surface area contributed by atoms with Crippen molar-refractivity contribution in [3.63, 3.8) is 0 Å². The van der Waals surface area contributed by atoms with Gasteiger partial charge < -0.3 is 5.32 Å². The van der Waals surface area contributed by atoms with Gasteiger partial charge in [-0.1, -0.05) is 40.9 Å². The summed E-state index contributed by atoms with van der Waals surface area (Å²) in [5.41, 5.74) is 1.06. The van der Waals surface area contributed by atoms with Gasteiger partial charge in [0.1, 0.15) is 10.7 Å². The number of hydrogen-bond donors (Lipinski definition) is 2. The SMILES string of the molecule is Cc1c(Cl)cccc1N1C(=O)C(Cl)=C(Nc2ccc(S(=O)(=O)Nc3ccc(Cl)nn3)cc2)C1=O. The van der Waals surface area contributed by atoms with Gasteiger partial charge in [0.2, 0.25) is 0 Å². The lowest BCUT2D eigenvalue weighted by atomic mass is 10.2. The fraction of sp³-hybridized carbons (Fsp3) is 0.0476. The average Bonchev–Trinajstić information content (AvgIpc) is 3.01. The molecule has 0 spiro atoms. The first-order chi connectivity index (χ1) is 16.1. The van der Waals surface area contributed by atoms with Crippen LogP contribution in [0.3, 0.4) is 0 Å². The summed E-state index contributed by atoms with van der Waals surface area (Å²) in [6.45, 7) is 1.68. The van der Waals surface area contributed by atoms with Crippen molar-refractivity contribution in [1.29, 1.82) is 0 Å². The van der Waals surface area contributed by atoms with Crippen molar-refractivity contribution in [2.45, 2.75) is 11.8 Å². The Balaban J connectivity index is 1.54. The summed E-state index contributed by atoms with van der Waals surface area (Å²) in [5, 5.41) is 10.2. The standard InChI is InChI=1S/C21H14Cl3N5O4S/c1-11-14(22)3-2-4-15(11)29-20(30)18(24)19(21(29)31)25-12-5-7-13(8-6-12)34(32,33)28-17-10-9-16(23)26-27-17/h2-10,25H,1H3,(H,27,28). The summed E-state index contributed by atoms with van der Waals surface area (Å²) in [4.78, 5) is 26.5. The fourth-order valence-corrected chi connectivity index (χ4v) is 4.58. The second kappa shape index (κ2) is 9.22. The lowest BCUT2D eigenvalue weighted by Crippen LogP contribution is -2.32. The van der Waals surface area contributed by atoms with E-state index in [-0.39, 0.29) is 26.6 Å². The summed E-state index contributed by atoms with van der Waals surface area (Å²) in [7, 11) is -3.96. The zero-order chi connectivity index (χ0) is 24.6. The Morgan fingerprint density at radius 3 is 2.24 bits per heavy atom. The fourth-order valence-electron chi connectivity index (χ4n) is 3.10. The second-order valence-corrected chi connectivity index (χ2v) is 9.87. The molecule has 0 atom stereocenters. The number of benzene rings is 2. The van der Waals surface area contributed by atoms with Crippen LogP contribution in [0.2, 0.25) is 10.2 Å². The lowest BCUT2D eigenvalue weighted by molar-refractivity contribution is -0.120. The third kappa shape index (κ3) is 4.58. The van der Waals surface area contributed by atoms with E-state index in [0.29, 0.717) is 22.0 Å². The molecular weight excluding hydrogens is 525 g/mol. The number of aromatic nitrogens is 2. The van der Waals surface area contributed by atoms with E-state index in [0.717, 1.165) is 4.90 Å². The van der Waals surface area contributed by atoms with Gasteiger partial charge in [-0.05, 0) is 61.0 Å². The Morgan fingerprint density at radius 1 is 0.882 bits per heavy atom. The van der Waals surface area contributed by atoms with E-state index in [2.05, 4.69) is 20.2 Å². The van der Waals surface area contributed by atoms with Gasteiger partial charge in [0, 0.05) is 10.7 Å².